The third-order valence-electron chi connectivity index (χ3n) is 4.62. The zero-order chi connectivity index (χ0) is 20.6. The van der Waals surface area contributed by atoms with E-state index in [4.69, 9.17) is 0 Å². The van der Waals surface area contributed by atoms with Crippen LogP contribution < -0.4 is 5.32 Å². The van der Waals surface area contributed by atoms with E-state index in [0.29, 0.717) is 24.2 Å². The van der Waals surface area contributed by atoms with Gasteiger partial charge in [0.2, 0.25) is 0 Å². The van der Waals surface area contributed by atoms with Gasteiger partial charge in [0, 0.05) is 31.5 Å². The van der Waals surface area contributed by atoms with Crippen molar-refractivity contribution in [2.75, 3.05) is 0 Å². The molecule has 0 bridgehead atoms. The summed E-state index contributed by atoms with van der Waals surface area (Å²) in [5, 5.41) is 2.87. The highest BCUT2D eigenvalue weighted by Gasteiger charge is 2.20. The fraction of sp³-hybridized carbons (Fsp3) is 0.208. The van der Waals surface area contributed by atoms with Crippen molar-refractivity contribution in [3.8, 4) is 0 Å². The van der Waals surface area contributed by atoms with Crippen molar-refractivity contribution in [3.05, 3.63) is 101 Å². The molecule has 0 fully saturated rings. The summed E-state index contributed by atoms with van der Waals surface area (Å²) in [5.41, 5.74) is 2.84. The first-order chi connectivity index (χ1) is 14.0. The Hall–Kier alpha value is -3.47. The predicted molar refractivity (Wildman–Crippen MR) is 113 cm³/mol. The number of aromatic nitrogens is 1. The zero-order valence-corrected chi connectivity index (χ0v) is 16.7. The van der Waals surface area contributed by atoms with E-state index in [9.17, 15) is 9.59 Å². The van der Waals surface area contributed by atoms with Crippen molar-refractivity contribution in [2.45, 2.75) is 33.0 Å². The van der Waals surface area contributed by atoms with Crippen LogP contribution in [0.3, 0.4) is 0 Å². The molecule has 5 nitrogen and oxygen atoms in total. The quantitative estimate of drug-likeness (QED) is 0.665. The molecular formula is C24H25N3O2. The number of hydrogen-bond acceptors (Lipinski definition) is 3. The molecule has 0 saturated carbocycles. The van der Waals surface area contributed by atoms with Gasteiger partial charge in [0.1, 0.15) is 0 Å². The zero-order valence-electron chi connectivity index (χ0n) is 16.7. The van der Waals surface area contributed by atoms with Gasteiger partial charge in [-0.2, -0.15) is 0 Å². The van der Waals surface area contributed by atoms with Crippen molar-refractivity contribution in [2.24, 2.45) is 0 Å². The molecule has 0 unspecified atom stereocenters. The summed E-state index contributed by atoms with van der Waals surface area (Å²) in [6, 6.07) is 21.1. The fourth-order valence-corrected chi connectivity index (χ4v) is 3.00. The van der Waals surface area contributed by atoms with Gasteiger partial charge in [-0.1, -0.05) is 60.7 Å². The van der Waals surface area contributed by atoms with Crippen LogP contribution in [-0.4, -0.2) is 27.7 Å². The van der Waals surface area contributed by atoms with Gasteiger partial charge in [0.15, 0.2) is 0 Å². The molecule has 3 rings (SSSR count). The third-order valence-corrected chi connectivity index (χ3v) is 4.62. The molecular weight excluding hydrogens is 362 g/mol. The highest BCUT2D eigenvalue weighted by Crippen LogP contribution is 2.14. The smallest absolute Gasteiger partial charge is 0.255 e. The number of pyridine rings is 1. The Morgan fingerprint density at radius 3 is 2.10 bits per heavy atom. The van der Waals surface area contributed by atoms with E-state index in [1.807, 2.05) is 74.5 Å². The monoisotopic (exact) mass is 387 g/mol. The predicted octanol–water partition coefficient (Wildman–Crippen LogP) is 4.06. The van der Waals surface area contributed by atoms with Crippen LogP contribution in [0.4, 0.5) is 0 Å². The van der Waals surface area contributed by atoms with Gasteiger partial charge < -0.3 is 10.2 Å². The molecule has 29 heavy (non-hydrogen) atoms. The van der Waals surface area contributed by atoms with Crippen LogP contribution in [0.1, 0.15) is 45.7 Å². The topological polar surface area (TPSA) is 62.3 Å². The lowest BCUT2D eigenvalue weighted by Gasteiger charge is -2.27. The molecule has 2 aromatic carbocycles. The molecule has 2 amide bonds. The standard InChI is InChI=1S/C24H25N3O2/c1-18(2)27(17-20-11-7-4-8-12-20)24(29)22-13-21(15-25-16-22)23(28)26-14-19-9-5-3-6-10-19/h3-13,15-16,18H,14,17H2,1-2H3,(H,26,28). The molecule has 148 valence electrons. The van der Waals surface area contributed by atoms with Crippen molar-refractivity contribution < 1.29 is 9.59 Å². The molecule has 0 saturated heterocycles. The van der Waals surface area contributed by atoms with Crippen LogP contribution in [0.2, 0.25) is 0 Å². The van der Waals surface area contributed by atoms with E-state index in [2.05, 4.69) is 10.3 Å². The number of amides is 2. The van der Waals surface area contributed by atoms with Crippen molar-refractivity contribution in [3.63, 3.8) is 0 Å². The number of nitrogens with zero attached hydrogens (tertiary/aromatic N) is 2. The van der Waals surface area contributed by atoms with Gasteiger partial charge in [0.25, 0.3) is 11.8 Å². The van der Waals surface area contributed by atoms with Crippen LogP contribution in [0, 0.1) is 0 Å². The van der Waals surface area contributed by atoms with E-state index < -0.39 is 0 Å². The first-order valence-electron chi connectivity index (χ1n) is 9.66. The van der Waals surface area contributed by atoms with E-state index >= 15 is 0 Å². The van der Waals surface area contributed by atoms with Crippen molar-refractivity contribution in [1.29, 1.82) is 0 Å². The average molecular weight is 387 g/mol. The Balaban J connectivity index is 1.72. The van der Waals surface area contributed by atoms with Crippen LogP contribution in [-0.2, 0) is 13.1 Å². The second kappa shape index (κ2) is 9.64. The highest BCUT2D eigenvalue weighted by atomic mass is 16.2. The summed E-state index contributed by atoms with van der Waals surface area (Å²) in [6.45, 7) is 4.88. The second-order valence-electron chi connectivity index (χ2n) is 7.14. The lowest BCUT2D eigenvalue weighted by atomic mass is 10.1. The van der Waals surface area contributed by atoms with Crippen molar-refractivity contribution in [1.82, 2.24) is 15.2 Å². The first kappa shape index (κ1) is 20.3. The fourth-order valence-electron chi connectivity index (χ4n) is 3.00. The van der Waals surface area contributed by atoms with Gasteiger partial charge in [-0.3, -0.25) is 14.6 Å². The number of carbonyl (C=O) groups excluding carboxylic acids is 2. The summed E-state index contributed by atoms with van der Waals surface area (Å²) in [5.74, 6) is -0.399. The second-order valence-corrected chi connectivity index (χ2v) is 7.14. The molecule has 0 atom stereocenters. The summed E-state index contributed by atoms with van der Waals surface area (Å²) < 4.78 is 0. The summed E-state index contributed by atoms with van der Waals surface area (Å²) in [7, 11) is 0. The van der Waals surface area contributed by atoms with E-state index in [-0.39, 0.29) is 17.9 Å². The summed E-state index contributed by atoms with van der Waals surface area (Å²) in [4.78, 5) is 31.5. The van der Waals surface area contributed by atoms with Crippen LogP contribution >= 0.6 is 0 Å². The molecule has 0 aliphatic heterocycles. The summed E-state index contributed by atoms with van der Waals surface area (Å²) >= 11 is 0. The molecule has 0 spiro atoms. The number of hydrogen-bond donors (Lipinski definition) is 1. The maximum Gasteiger partial charge on any atom is 0.255 e. The maximum atomic E-state index is 13.1. The molecule has 1 heterocycles. The number of rotatable bonds is 7. The Morgan fingerprint density at radius 2 is 1.48 bits per heavy atom. The van der Waals surface area contributed by atoms with Gasteiger partial charge in [-0.05, 0) is 31.0 Å². The van der Waals surface area contributed by atoms with Crippen LogP contribution in [0.5, 0.6) is 0 Å². The Labute approximate surface area is 171 Å². The van der Waals surface area contributed by atoms with Gasteiger partial charge >= 0.3 is 0 Å². The van der Waals surface area contributed by atoms with E-state index in [0.717, 1.165) is 11.1 Å². The van der Waals surface area contributed by atoms with E-state index in [1.54, 1.807) is 11.0 Å². The molecule has 0 radical (unpaired) electrons. The lowest BCUT2D eigenvalue weighted by Crippen LogP contribution is -2.36. The van der Waals surface area contributed by atoms with Crippen molar-refractivity contribution >= 4 is 11.8 Å². The minimum Gasteiger partial charge on any atom is -0.348 e. The Morgan fingerprint density at radius 1 is 0.897 bits per heavy atom. The lowest BCUT2D eigenvalue weighted by molar-refractivity contribution is 0.0690. The van der Waals surface area contributed by atoms with Gasteiger partial charge in [0.05, 0.1) is 11.1 Å². The third kappa shape index (κ3) is 5.51. The molecule has 0 aliphatic carbocycles. The maximum absolute atomic E-state index is 13.1. The minimum atomic E-state index is -0.254. The highest BCUT2D eigenvalue weighted by molar-refractivity contribution is 5.99. The van der Waals surface area contributed by atoms with Gasteiger partial charge in [-0.15, -0.1) is 0 Å². The Bertz CT molecular complexity index is 956. The van der Waals surface area contributed by atoms with Gasteiger partial charge in [-0.25, -0.2) is 0 Å². The normalized spacial score (nSPS) is 10.6. The number of carbonyl (C=O) groups is 2. The number of benzene rings is 2. The summed E-state index contributed by atoms with van der Waals surface area (Å²) in [6.07, 6.45) is 2.99. The SMILES string of the molecule is CC(C)N(Cc1ccccc1)C(=O)c1cncc(C(=O)NCc2ccccc2)c1. The Kier molecular flexibility index (Phi) is 6.74. The number of nitrogens with one attached hydrogen (secondary N) is 1. The van der Waals surface area contributed by atoms with Crippen LogP contribution in [0.15, 0.2) is 79.1 Å². The molecule has 0 aliphatic rings. The molecule has 5 heteroatoms. The molecule has 3 aromatic rings. The van der Waals surface area contributed by atoms with E-state index in [1.165, 1.54) is 12.4 Å². The largest absolute Gasteiger partial charge is 0.348 e. The van der Waals surface area contributed by atoms with Crippen LogP contribution in [0.25, 0.3) is 0 Å². The molecule has 1 N–H and O–H groups in total. The minimum absolute atomic E-state index is 0.0123. The first-order valence-corrected chi connectivity index (χ1v) is 9.66. The average Bonchev–Trinajstić information content (AvgIpc) is 2.76. The molecule has 1 aromatic heterocycles.